The monoisotopic (exact) mass is 281 g/mol. The van der Waals surface area contributed by atoms with Crippen LogP contribution in [0.3, 0.4) is 0 Å². The molecule has 0 radical (unpaired) electrons. The Morgan fingerprint density at radius 2 is 2.10 bits per heavy atom. The lowest BCUT2D eigenvalue weighted by atomic mass is 10.1. The Labute approximate surface area is 122 Å². The van der Waals surface area contributed by atoms with Gasteiger partial charge in [0, 0.05) is 5.56 Å². The molecule has 0 aliphatic rings. The van der Waals surface area contributed by atoms with Crippen molar-refractivity contribution in [3.63, 3.8) is 0 Å². The first kappa shape index (κ1) is 12.9. The molecule has 0 atom stereocenters. The number of methoxy groups -OCH3 is 1. The van der Waals surface area contributed by atoms with Gasteiger partial charge in [0.05, 0.1) is 17.3 Å². The summed E-state index contributed by atoms with van der Waals surface area (Å²) >= 11 is 1.71. The fourth-order valence-corrected chi connectivity index (χ4v) is 3.18. The highest BCUT2D eigenvalue weighted by atomic mass is 32.1. The molecule has 1 heterocycles. The Bertz CT molecular complexity index is 728. The number of aromatic nitrogens is 1. The predicted octanol–water partition coefficient (Wildman–Crippen LogP) is 4.70. The normalized spacial score (nSPS) is 10.7. The predicted molar refractivity (Wildman–Crippen MR) is 85.5 cm³/mol. The maximum atomic E-state index is 5.38. The van der Waals surface area contributed by atoms with E-state index < -0.39 is 0 Å². The summed E-state index contributed by atoms with van der Waals surface area (Å²) in [5.74, 6) is 0.898. The smallest absolute Gasteiger partial charge is 0.124 e. The molecule has 0 fully saturated rings. The topological polar surface area (TPSA) is 22.1 Å². The van der Waals surface area contributed by atoms with Crippen molar-refractivity contribution in [2.45, 2.75) is 6.42 Å². The lowest BCUT2D eigenvalue weighted by Gasteiger charge is -2.08. The Kier molecular flexibility index (Phi) is 3.52. The lowest BCUT2D eigenvalue weighted by molar-refractivity contribution is 0.411. The number of hydrogen-bond acceptors (Lipinski definition) is 3. The van der Waals surface area contributed by atoms with Crippen LogP contribution in [0, 0.1) is 0 Å². The standard InChI is InChI=1S/C17H15NOS/c1-3-6-12-11-13(9-10-15(12)19-2)17-18-14-7-4-5-8-16(14)20-17/h3-5,7-11H,1,6H2,2H3. The third-order valence-corrected chi connectivity index (χ3v) is 4.27. The van der Waals surface area contributed by atoms with Crippen LogP contribution in [-0.2, 0) is 6.42 Å². The van der Waals surface area contributed by atoms with E-state index in [1.807, 2.05) is 30.3 Å². The number of hydrogen-bond donors (Lipinski definition) is 0. The van der Waals surface area contributed by atoms with E-state index in [9.17, 15) is 0 Å². The van der Waals surface area contributed by atoms with Gasteiger partial charge in [0.2, 0.25) is 0 Å². The van der Waals surface area contributed by atoms with E-state index in [1.54, 1.807) is 18.4 Å². The van der Waals surface area contributed by atoms with Crippen LogP contribution in [0.25, 0.3) is 20.8 Å². The number of para-hydroxylation sites is 1. The van der Waals surface area contributed by atoms with E-state index in [0.29, 0.717) is 0 Å². The summed E-state index contributed by atoms with van der Waals surface area (Å²) in [5.41, 5.74) is 3.32. The van der Waals surface area contributed by atoms with Crippen LogP contribution < -0.4 is 4.74 Å². The second-order valence-corrected chi connectivity index (χ2v) is 5.54. The maximum Gasteiger partial charge on any atom is 0.124 e. The molecule has 0 saturated heterocycles. The third kappa shape index (κ3) is 2.32. The number of benzene rings is 2. The van der Waals surface area contributed by atoms with Crippen molar-refractivity contribution >= 4 is 21.6 Å². The van der Waals surface area contributed by atoms with Gasteiger partial charge in [-0.25, -0.2) is 4.98 Å². The van der Waals surface area contributed by atoms with Crippen LogP contribution in [0.15, 0.2) is 55.1 Å². The molecule has 0 amide bonds. The van der Waals surface area contributed by atoms with Crippen molar-refractivity contribution in [3.8, 4) is 16.3 Å². The number of nitrogens with zero attached hydrogens (tertiary/aromatic N) is 1. The first-order valence-electron chi connectivity index (χ1n) is 6.45. The number of ether oxygens (including phenoxy) is 1. The molecule has 3 aromatic rings. The van der Waals surface area contributed by atoms with Gasteiger partial charge in [-0.1, -0.05) is 18.2 Å². The number of rotatable bonds is 4. The zero-order valence-electron chi connectivity index (χ0n) is 11.3. The van der Waals surface area contributed by atoms with Gasteiger partial charge < -0.3 is 4.74 Å². The zero-order chi connectivity index (χ0) is 13.9. The minimum atomic E-state index is 0.794. The molecule has 3 rings (SSSR count). The highest BCUT2D eigenvalue weighted by molar-refractivity contribution is 7.21. The minimum absolute atomic E-state index is 0.794. The summed E-state index contributed by atoms with van der Waals surface area (Å²) in [5, 5.41) is 1.04. The van der Waals surface area contributed by atoms with E-state index in [1.165, 1.54) is 4.70 Å². The Morgan fingerprint density at radius 3 is 2.85 bits per heavy atom. The van der Waals surface area contributed by atoms with Crippen LogP contribution in [0.5, 0.6) is 5.75 Å². The van der Waals surface area contributed by atoms with Crippen LogP contribution in [-0.4, -0.2) is 12.1 Å². The number of fused-ring (bicyclic) bond motifs is 1. The van der Waals surface area contributed by atoms with Crippen LogP contribution >= 0.6 is 11.3 Å². The largest absolute Gasteiger partial charge is 0.496 e. The van der Waals surface area contributed by atoms with Crippen molar-refractivity contribution in [2.75, 3.05) is 7.11 Å². The Balaban J connectivity index is 2.08. The molecule has 0 spiro atoms. The Morgan fingerprint density at radius 1 is 1.25 bits per heavy atom. The first-order valence-corrected chi connectivity index (χ1v) is 7.27. The molecule has 2 aromatic carbocycles. The summed E-state index contributed by atoms with van der Waals surface area (Å²) in [6, 6.07) is 14.4. The molecule has 0 unspecified atom stereocenters. The second-order valence-electron chi connectivity index (χ2n) is 4.51. The second kappa shape index (κ2) is 5.47. The third-order valence-electron chi connectivity index (χ3n) is 3.19. The zero-order valence-corrected chi connectivity index (χ0v) is 12.1. The van der Waals surface area contributed by atoms with Crippen LogP contribution in [0.4, 0.5) is 0 Å². The van der Waals surface area contributed by atoms with E-state index in [0.717, 1.165) is 33.8 Å². The molecule has 0 N–H and O–H groups in total. The summed E-state index contributed by atoms with van der Waals surface area (Å²) in [6.45, 7) is 3.80. The molecule has 0 aliphatic carbocycles. The van der Waals surface area contributed by atoms with Gasteiger partial charge in [-0.05, 0) is 42.3 Å². The fraction of sp³-hybridized carbons (Fsp3) is 0.118. The van der Waals surface area contributed by atoms with Crippen molar-refractivity contribution in [1.82, 2.24) is 4.98 Å². The molecule has 3 heteroatoms. The van der Waals surface area contributed by atoms with Crippen LogP contribution in [0.2, 0.25) is 0 Å². The maximum absolute atomic E-state index is 5.38. The molecular weight excluding hydrogens is 266 g/mol. The van der Waals surface area contributed by atoms with Gasteiger partial charge in [0.1, 0.15) is 10.8 Å². The van der Waals surface area contributed by atoms with Gasteiger partial charge in [-0.15, -0.1) is 17.9 Å². The molecule has 100 valence electrons. The highest BCUT2D eigenvalue weighted by Crippen LogP contribution is 2.32. The highest BCUT2D eigenvalue weighted by Gasteiger charge is 2.09. The van der Waals surface area contributed by atoms with Crippen molar-refractivity contribution in [2.24, 2.45) is 0 Å². The van der Waals surface area contributed by atoms with Crippen LogP contribution in [0.1, 0.15) is 5.56 Å². The van der Waals surface area contributed by atoms with Gasteiger partial charge in [0.25, 0.3) is 0 Å². The molecule has 0 saturated carbocycles. The quantitative estimate of drug-likeness (QED) is 0.647. The summed E-state index contributed by atoms with van der Waals surface area (Å²) in [4.78, 5) is 4.69. The van der Waals surface area contributed by atoms with Crippen molar-refractivity contribution in [1.29, 1.82) is 0 Å². The van der Waals surface area contributed by atoms with Gasteiger partial charge in [-0.3, -0.25) is 0 Å². The number of thiazole rings is 1. The fourth-order valence-electron chi connectivity index (χ4n) is 2.22. The Hall–Kier alpha value is -2.13. The van der Waals surface area contributed by atoms with Gasteiger partial charge >= 0.3 is 0 Å². The molecular formula is C17H15NOS. The van der Waals surface area contributed by atoms with E-state index >= 15 is 0 Å². The molecule has 0 aliphatic heterocycles. The number of allylic oxidation sites excluding steroid dienone is 1. The summed E-state index contributed by atoms with van der Waals surface area (Å²) < 4.78 is 6.59. The lowest BCUT2D eigenvalue weighted by Crippen LogP contribution is -1.91. The SMILES string of the molecule is C=CCc1cc(-c2nc3ccccc3s2)ccc1OC. The van der Waals surface area contributed by atoms with E-state index in [2.05, 4.69) is 24.8 Å². The van der Waals surface area contributed by atoms with Gasteiger partial charge in [-0.2, -0.15) is 0 Å². The van der Waals surface area contributed by atoms with E-state index in [-0.39, 0.29) is 0 Å². The molecule has 0 bridgehead atoms. The summed E-state index contributed by atoms with van der Waals surface area (Å²) in [6.07, 6.45) is 2.68. The average molecular weight is 281 g/mol. The first-order chi connectivity index (χ1) is 9.81. The molecule has 20 heavy (non-hydrogen) atoms. The van der Waals surface area contributed by atoms with Crippen molar-refractivity contribution < 1.29 is 4.74 Å². The van der Waals surface area contributed by atoms with Crippen molar-refractivity contribution in [3.05, 3.63) is 60.7 Å². The minimum Gasteiger partial charge on any atom is -0.496 e. The van der Waals surface area contributed by atoms with Gasteiger partial charge in [0.15, 0.2) is 0 Å². The molecule has 2 nitrogen and oxygen atoms in total. The average Bonchev–Trinajstić information content (AvgIpc) is 2.91. The molecule has 1 aromatic heterocycles. The summed E-state index contributed by atoms with van der Waals surface area (Å²) in [7, 11) is 1.69. The van der Waals surface area contributed by atoms with E-state index in [4.69, 9.17) is 9.72 Å².